The summed E-state index contributed by atoms with van der Waals surface area (Å²) in [7, 11) is 1.77. The van der Waals surface area contributed by atoms with Crippen molar-refractivity contribution in [2.24, 2.45) is 15.7 Å². The van der Waals surface area contributed by atoms with E-state index in [2.05, 4.69) is 9.98 Å². The van der Waals surface area contributed by atoms with Gasteiger partial charge in [-0.1, -0.05) is 30.3 Å². The smallest absolute Gasteiger partial charge is 0.280 e. The Kier molecular flexibility index (Phi) is 2.49. The molecule has 118 valence electrons. The molecule has 0 fully saturated rings. The quantitative estimate of drug-likeness (QED) is 0.800. The second kappa shape index (κ2) is 4.39. The third kappa shape index (κ3) is 1.45. The Bertz CT molecular complexity index is 969. The Labute approximate surface area is 142 Å². The maximum atomic E-state index is 13.3. The minimum atomic E-state index is -1.22. The van der Waals surface area contributed by atoms with E-state index in [9.17, 15) is 4.79 Å². The van der Waals surface area contributed by atoms with Crippen molar-refractivity contribution >= 4 is 40.2 Å². The first-order valence-corrected chi connectivity index (χ1v) is 8.33. The molecule has 0 bridgehead atoms. The number of aliphatic imine (C=N–C) groups is 2. The first-order chi connectivity index (χ1) is 11.6. The highest BCUT2D eigenvalue weighted by Crippen LogP contribution is 2.53. The molecule has 2 aromatic carbocycles. The number of fused-ring (bicyclic) bond motifs is 6. The lowest BCUT2D eigenvalue weighted by Gasteiger charge is -2.37. The number of nitrogens with two attached hydrogens (primary N) is 1. The zero-order chi connectivity index (χ0) is 16.5. The predicted octanol–water partition coefficient (Wildman–Crippen LogP) is 2.11. The standard InChI is InChI=1S/C17H13N5OS/c1-21-11-7-3-2-6-10(11)17(14(21)23)20-15(18)19-16-22(17)12-8-4-5-9-13(12)24-16/h2-9H,1H3,(H2,18,20)/t17-/m1/s1. The van der Waals surface area contributed by atoms with Crippen molar-refractivity contribution in [1.82, 2.24) is 0 Å². The molecule has 24 heavy (non-hydrogen) atoms. The molecule has 5 rings (SSSR count). The number of hydrogen-bond acceptors (Lipinski definition) is 6. The Morgan fingerprint density at radius 3 is 2.62 bits per heavy atom. The van der Waals surface area contributed by atoms with Gasteiger partial charge >= 0.3 is 0 Å². The van der Waals surface area contributed by atoms with E-state index in [1.807, 2.05) is 53.4 Å². The SMILES string of the molecule is CN1C(=O)[C@@]2(N=C(N)N=C3Sc4ccccc4N32)c2ccccc21. The van der Waals surface area contributed by atoms with Crippen LogP contribution in [-0.2, 0) is 10.5 Å². The molecule has 0 saturated carbocycles. The van der Waals surface area contributed by atoms with Crippen molar-refractivity contribution in [3.63, 3.8) is 0 Å². The molecule has 1 atom stereocenters. The van der Waals surface area contributed by atoms with Crippen molar-refractivity contribution in [2.75, 3.05) is 16.8 Å². The van der Waals surface area contributed by atoms with Crippen molar-refractivity contribution in [1.29, 1.82) is 0 Å². The van der Waals surface area contributed by atoms with Gasteiger partial charge in [-0.05, 0) is 30.0 Å². The van der Waals surface area contributed by atoms with Crippen molar-refractivity contribution < 1.29 is 4.79 Å². The molecule has 0 unspecified atom stereocenters. The van der Waals surface area contributed by atoms with Gasteiger partial charge < -0.3 is 10.6 Å². The van der Waals surface area contributed by atoms with Gasteiger partial charge in [0.1, 0.15) is 0 Å². The highest BCUT2D eigenvalue weighted by atomic mass is 32.2. The average molecular weight is 335 g/mol. The molecule has 3 aliphatic rings. The Hall–Kier alpha value is -2.80. The van der Waals surface area contributed by atoms with E-state index in [1.165, 1.54) is 11.8 Å². The van der Waals surface area contributed by atoms with Crippen LogP contribution in [0.1, 0.15) is 5.56 Å². The molecule has 2 N–H and O–H groups in total. The van der Waals surface area contributed by atoms with E-state index < -0.39 is 5.66 Å². The van der Waals surface area contributed by atoms with E-state index in [0.29, 0.717) is 5.17 Å². The van der Waals surface area contributed by atoms with Crippen LogP contribution in [0.25, 0.3) is 0 Å². The molecule has 0 aliphatic carbocycles. The number of amidine groups is 1. The molecule has 1 amide bonds. The van der Waals surface area contributed by atoms with Gasteiger partial charge in [0.15, 0.2) is 5.17 Å². The molecule has 6 nitrogen and oxygen atoms in total. The van der Waals surface area contributed by atoms with E-state index >= 15 is 0 Å². The molecule has 0 radical (unpaired) electrons. The minimum absolute atomic E-state index is 0.125. The summed E-state index contributed by atoms with van der Waals surface area (Å²) in [5, 5.41) is 0.683. The zero-order valence-corrected chi connectivity index (χ0v) is 13.6. The van der Waals surface area contributed by atoms with Crippen LogP contribution in [0.4, 0.5) is 11.4 Å². The fourth-order valence-electron chi connectivity index (χ4n) is 3.54. The van der Waals surface area contributed by atoms with E-state index in [-0.39, 0.29) is 11.9 Å². The van der Waals surface area contributed by atoms with Crippen LogP contribution in [0.5, 0.6) is 0 Å². The fraction of sp³-hybridized carbons (Fsp3) is 0.118. The molecule has 2 aromatic rings. The number of carbonyl (C=O) groups excluding carboxylic acids is 1. The van der Waals surface area contributed by atoms with Crippen LogP contribution in [0, 0.1) is 0 Å². The van der Waals surface area contributed by atoms with Crippen molar-refractivity contribution in [3.05, 3.63) is 54.1 Å². The van der Waals surface area contributed by atoms with E-state index in [1.54, 1.807) is 11.9 Å². The number of benzene rings is 2. The number of amides is 1. The first kappa shape index (κ1) is 13.6. The summed E-state index contributed by atoms with van der Waals surface area (Å²) < 4.78 is 0. The number of carbonyl (C=O) groups is 1. The van der Waals surface area contributed by atoms with Crippen LogP contribution >= 0.6 is 11.8 Å². The topological polar surface area (TPSA) is 74.3 Å². The summed E-state index contributed by atoms with van der Waals surface area (Å²) in [5.41, 5.74) is 7.37. The fourth-order valence-corrected chi connectivity index (χ4v) is 4.61. The Morgan fingerprint density at radius 1 is 1.08 bits per heavy atom. The number of thioether (sulfide) groups is 1. The molecule has 3 aliphatic heterocycles. The Balaban J connectivity index is 1.85. The van der Waals surface area contributed by atoms with Gasteiger partial charge in [0.2, 0.25) is 11.6 Å². The van der Waals surface area contributed by atoms with Crippen LogP contribution in [-0.4, -0.2) is 24.1 Å². The summed E-state index contributed by atoms with van der Waals surface area (Å²) >= 11 is 1.51. The number of likely N-dealkylation sites (N-methyl/N-ethyl adjacent to an activating group) is 1. The maximum absolute atomic E-state index is 13.3. The number of hydrogen-bond donors (Lipinski definition) is 1. The molecule has 7 heteroatoms. The highest BCUT2D eigenvalue weighted by Gasteiger charge is 2.59. The van der Waals surface area contributed by atoms with Crippen LogP contribution in [0.3, 0.4) is 0 Å². The van der Waals surface area contributed by atoms with E-state index in [0.717, 1.165) is 21.8 Å². The van der Waals surface area contributed by atoms with E-state index in [4.69, 9.17) is 5.73 Å². The monoisotopic (exact) mass is 335 g/mol. The second-order valence-corrected chi connectivity index (χ2v) is 6.83. The van der Waals surface area contributed by atoms with Gasteiger partial charge in [-0.2, -0.15) is 4.99 Å². The third-order valence-electron chi connectivity index (χ3n) is 4.55. The molecular weight excluding hydrogens is 322 g/mol. The lowest BCUT2D eigenvalue weighted by atomic mass is 9.98. The summed E-state index contributed by atoms with van der Waals surface area (Å²) in [6.45, 7) is 0. The van der Waals surface area contributed by atoms with Gasteiger partial charge in [-0.3, -0.25) is 9.69 Å². The summed E-state index contributed by atoms with van der Waals surface area (Å²) in [6, 6.07) is 15.6. The van der Waals surface area contributed by atoms with Gasteiger partial charge in [0.25, 0.3) is 5.91 Å². The molecule has 3 heterocycles. The number of para-hydroxylation sites is 2. The summed E-state index contributed by atoms with van der Waals surface area (Å²) in [4.78, 5) is 26.8. The molecular formula is C17H13N5OS. The third-order valence-corrected chi connectivity index (χ3v) is 5.57. The summed E-state index contributed by atoms with van der Waals surface area (Å²) in [6.07, 6.45) is 0. The number of nitrogens with zero attached hydrogens (tertiary/aromatic N) is 4. The van der Waals surface area contributed by atoms with Gasteiger partial charge in [-0.25, -0.2) is 4.99 Å². The number of rotatable bonds is 0. The lowest BCUT2D eigenvalue weighted by Crippen LogP contribution is -2.55. The normalized spacial score (nSPS) is 23.8. The average Bonchev–Trinajstić information content (AvgIpc) is 3.06. The second-order valence-electron chi connectivity index (χ2n) is 5.82. The van der Waals surface area contributed by atoms with Gasteiger partial charge in [0.05, 0.1) is 11.4 Å². The molecule has 1 spiro atoms. The largest absolute Gasteiger partial charge is 0.368 e. The number of anilines is 2. The van der Waals surface area contributed by atoms with Gasteiger partial charge in [-0.15, -0.1) is 0 Å². The van der Waals surface area contributed by atoms with Gasteiger partial charge in [0, 0.05) is 17.5 Å². The number of guanidine groups is 1. The first-order valence-electron chi connectivity index (χ1n) is 7.52. The summed E-state index contributed by atoms with van der Waals surface area (Å²) in [5.74, 6) is -0.00337. The minimum Gasteiger partial charge on any atom is -0.368 e. The van der Waals surface area contributed by atoms with Crippen molar-refractivity contribution in [2.45, 2.75) is 10.6 Å². The maximum Gasteiger partial charge on any atom is 0.280 e. The molecule has 0 aromatic heterocycles. The predicted molar refractivity (Wildman–Crippen MR) is 95.4 cm³/mol. The van der Waals surface area contributed by atoms with Crippen LogP contribution in [0.2, 0.25) is 0 Å². The van der Waals surface area contributed by atoms with Crippen LogP contribution in [0.15, 0.2) is 63.4 Å². The Morgan fingerprint density at radius 2 is 1.79 bits per heavy atom. The van der Waals surface area contributed by atoms with Crippen molar-refractivity contribution in [3.8, 4) is 0 Å². The lowest BCUT2D eigenvalue weighted by molar-refractivity contribution is -0.122. The highest BCUT2D eigenvalue weighted by molar-refractivity contribution is 8.14. The van der Waals surface area contributed by atoms with Crippen LogP contribution < -0.4 is 15.5 Å². The molecule has 0 saturated heterocycles. The zero-order valence-electron chi connectivity index (χ0n) is 12.8.